The number of fused-ring (bicyclic) bond motifs is 5. The minimum Gasteiger partial charge on any atom is -0.455 e. The Hall–Kier alpha value is -15.2. The number of carbonyl (C=O) groups is 15. The maximum absolute atomic E-state index is 15.9. The normalized spacial score (nSPS) is 20.8. The topological polar surface area (TPSA) is 907 Å². The lowest BCUT2D eigenvalue weighted by Crippen LogP contribution is -2.80. The standard InChI is InChI=1S/C94H142N30O23S/c1-49(46-148-47-68(128)145-70(64(42-53-22-9-6-10-23-53)124-76(132)54-24-11-7-12-25-54)84(140)144-65-45-93(141)44-56(50(65)2)69(143-51(3)125)72(129)92(5)66(127)43-67-94(48-142-67,147-52(4)126)71(92)73(93)146-83(139)55-26-13-8-14-27-55)75(131)118-58(29-16-36-111-86(98)99)78(134)120-60(31-18-38-113-88(102)103)80(136)122-62(33-20-40-115-90(106)107)82(138)123-63(34-21-41-116-91(108)109)81(137)121-61(32-19-39-114-89(104)105)79(135)119-59(30-17-37-112-87(100)101)77(133)117-57(74(95)130)28-15-35-110-85(96)97/h6-14,22-27,49,57-67,69-71,73,127,141H,15-21,28-48H2,1-5H3,(H2,95,130)(H,117,133)(H,118,131)(H,119,135)(H,120,134)(H,121,137)(H,122,136)(H,123,138)(H,124,132)(H4,96,97,110)(H4,98,99,111)(H4,100,101,112)(H4,102,103,113)(H4,104,105,114)(H4,106,107,115)(H4,108,109,116)/t49-,57+,58+,59+,60+,61+,62+,63+,64-,65-,66-,67+,69+,70+,71-,73-,92+,93+,94-/m0/s1. The van der Waals surface area contributed by atoms with Crippen molar-refractivity contribution in [2.75, 3.05) is 63.9 Å². The first-order chi connectivity index (χ1) is 70.1. The molecule has 3 aromatic carbocycles. The van der Waals surface area contributed by atoms with E-state index in [0.717, 1.165) is 25.6 Å². The summed E-state index contributed by atoms with van der Waals surface area (Å²) in [5.41, 5.74) is 38.4. The van der Waals surface area contributed by atoms with Gasteiger partial charge in [0, 0.05) is 96.2 Å². The van der Waals surface area contributed by atoms with E-state index in [1.807, 2.05) is 0 Å². The van der Waals surface area contributed by atoms with E-state index in [4.69, 9.17) is 112 Å². The number of nitrogens with one attached hydrogen (secondary N) is 22. The number of guanidine groups is 7. The van der Waals surface area contributed by atoms with Crippen molar-refractivity contribution in [2.24, 2.45) is 63.1 Å². The number of aliphatic hydroxyl groups is 2. The fourth-order valence-electron chi connectivity index (χ4n) is 17.8. The third-order valence-electron chi connectivity index (χ3n) is 25.3. The van der Waals surface area contributed by atoms with Gasteiger partial charge in [-0.1, -0.05) is 73.7 Å². The van der Waals surface area contributed by atoms with Crippen LogP contribution in [0.2, 0.25) is 0 Å². The summed E-state index contributed by atoms with van der Waals surface area (Å²) in [6, 6.07) is 11.3. The van der Waals surface area contributed by atoms with Crippen molar-refractivity contribution < 1.29 is 111 Å². The molecule has 148 heavy (non-hydrogen) atoms. The number of thioether (sulfide) groups is 1. The number of hydrogen-bond acceptors (Lipinski definition) is 31. The molecule has 54 heteroatoms. The van der Waals surface area contributed by atoms with Gasteiger partial charge in [0.25, 0.3) is 5.91 Å². The quantitative estimate of drug-likeness (QED) is 0.00626. The first-order valence-electron chi connectivity index (χ1n) is 48.3. The maximum atomic E-state index is 15.9. The average molecular weight is 2090 g/mol. The number of Topliss-reactive ketones (excluding diaryl/α,β-unsaturated/α-hetero) is 1. The number of nitrogens with two attached hydrogens (primary N) is 8. The van der Waals surface area contributed by atoms with Crippen LogP contribution in [0.15, 0.2) is 102 Å². The maximum Gasteiger partial charge on any atom is 0.350 e. The molecule has 19 atom stereocenters. The van der Waals surface area contributed by atoms with Gasteiger partial charge in [0.05, 0.1) is 41.4 Å². The molecule has 0 unspecified atom stereocenters. The molecule has 3 fully saturated rings. The molecule has 40 N–H and O–H groups in total. The molecule has 2 saturated carbocycles. The Bertz CT molecular complexity index is 5250. The molecule has 3 aliphatic carbocycles. The molecule has 1 aliphatic heterocycles. The number of benzene rings is 3. The molecule has 0 spiro atoms. The molecule has 0 radical (unpaired) electrons. The highest BCUT2D eigenvalue weighted by atomic mass is 32.2. The van der Waals surface area contributed by atoms with Crippen molar-refractivity contribution in [3.63, 3.8) is 0 Å². The van der Waals surface area contributed by atoms with Gasteiger partial charge >= 0.3 is 29.8 Å². The molecule has 53 nitrogen and oxygen atoms in total. The van der Waals surface area contributed by atoms with Crippen LogP contribution in [0.1, 0.15) is 170 Å². The molecule has 2 bridgehead atoms. The van der Waals surface area contributed by atoms with E-state index in [0.29, 0.717) is 5.56 Å². The second-order valence-corrected chi connectivity index (χ2v) is 37.7. The number of amides is 9. The Balaban J connectivity index is 1.18. The summed E-state index contributed by atoms with van der Waals surface area (Å²) >= 11 is 0.811. The lowest BCUT2D eigenvalue weighted by atomic mass is 9.48. The van der Waals surface area contributed by atoms with Crippen molar-refractivity contribution >= 4 is 142 Å². The molecule has 4 aliphatic rings. The van der Waals surface area contributed by atoms with E-state index in [1.54, 1.807) is 54.6 Å². The van der Waals surface area contributed by atoms with Crippen LogP contribution < -0.4 is 126 Å². The highest BCUT2D eigenvalue weighted by Gasteiger charge is 2.76. The van der Waals surface area contributed by atoms with Crippen molar-refractivity contribution in [1.29, 1.82) is 37.9 Å². The predicted molar refractivity (Wildman–Crippen MR) is 540 cm³/mol. The number of ether oxygens (including phenoxy) is 6. The van der Waals surface area contributed by atoms with Crippen molar-refractivity contribution in [3.05, 3.63) is 119 Å². The van der Waals surface area contributed by atoms with E-state index in [1.165, 1.54) is 57.2 Å². The van der Waals surface area contributed by atoms with Crippen molar-refractivity contribution in [2.45, 2.75) is 246 Å². The molecule has 1 saturated heterocycles. The molecule has 0 aromatic heterocycles. The summed E-state index contributed by atoms with van der Waals surface area (Å²) < 4.78 is 37.0. The highest BCUT2D eigenvalue weighted by molar-refractivity contribution is 7.99. The van der Waals surface area contributed by atoms with Crippen LogP contribution >= 0.6 is 11.8 Å². The SMILES string of the molecule is CC(=O)O[C@H]1C(=O)[C@@]2(C)[C@H]([C@H](OC(=O)c3ccccc3)[C@@]3(O)CC1=C(C)[C@@H](OC(=O)[C@H](OC(=O)CSC[C@H](C)C(=O)N[C@H](CCCNC(=N)N)C(=O)N[C@H](CCCNC(=N)N)C(=O)N[C@H](CCCNC(=N)N)C(=O)N[C@H](CCCNC(=N)N)C(=O)N[C@H](CCCNC(=N)N)C(=O)N[C@H](CCCNC(=N)N)C(=O)N[C@H](CCCNC(=N)N)C(N)=O)[C@H](Cc1ccccc1)NC(=O)c1ccccc1)C3)[C@]1(OC(C)=O)CO[C@@H]1C[C@@H]2O. The Morgan fingerprint density at radius 3 is 1.21 bits per heavy atom. The summed E-state index contributed by atoms with van der Waals surface area (Å²) in [5.74, 6) is -21.7. The lowest BCUT2D eigenvalue weighted by molar-refractivity contribution is -0.340. The second kappa shape index (κ2) is 58.2. The molecule has 3 aromatic rings. The summed E-state index contributed by atoms with van der Waals surface area (Å²) in [4.78, 5) is 219. The van der Waals surface area contributed by atoms with E-state index in [9.17, 15) is 58.2 Å². The Labute approximate surface area is 858 Å². The zero-order chi connectivity index (χ0) is 109. The largest absolute Gasteiger partial charge is 0.455 e. The van der Waals surface area contributed by atoms with Crippen LogP contribution in [0.3, 0.4) is 0 Å². The number of primary amides is 1. The molecular formula is C94H142N30O23S. The molecule has 812 valence electrons. The van der Waals surface area contributed by atoms with Crippen LogP contribution in [0.4, 0.5) is 0 Å². The van der Waals surface area contributed by atoms with Gasteiger partial charge in [-0.2, -0.15) is 0 Å². The Morgan fingerprint density at radius 2 is 0.851 bits per heavy atom. The van der Waals surface area contributed by atoms with E-state index >= 15 is 24.0 Å². The number of rotatable bonds is 59. The van der Waals surface area contributed by atoms with Crippen LogP contribution in [0.25, 0.3) is 0 Å². The number of carbonyl (C=O) groups excluding carboxylic acids is 15. The van der Waals surface area contributed by atoms with Gasteiger partial charge in [0.1, 0.15) is 66.2 Å². The van der Waals surface area contributed by atoms with Crippen LogP contribution in [0, 0.1) is 55.1 Å². The van der Waals surface area contributed by atoms with Crippen LogP contribution in [-0.2, 0) is 97.2 Å². The van der Waals surface area contributed by atoms with Gasteiger partial charge < -0.3 is 164 Å². The number of aliphatic hydroxyl groups excluding tert-OH is 1. The molecular weight excluding hydrogens is 1950 g/mol. The van der Waals surface area contributed by atoms with E-state index in [-0.39, 0.29) is 183 Å². The van der Waals surface area contributed by atoms with Crippen molar-refractivity contribution in [1.82, 2.24) is 79.8 Å². The van der Waals surface area contributed by atoms with Gasteiger partial charge in [-0.05, 0) is 151 Å². The number of hydrogen-bond donors (Lipinski definition) is 32. The molecule has 7 rings (SSSR count). The third kappa shape index (κ3) is 36.8. The zero-order valence-electron chi connectivity index (χ0n) is 83.2. The fraction of sp³-hybridized carbons (Fsp3) is 0.553. The van der Waals surface area contributed by atoms with Gasteiger partial charge in [-0.25, -0.2) is 9.59 Å². The Kier molecular flexibility index (Phi) is 47.1. The van der Waals surface area contributed by atoms with Gasteiger partial charge in [-0.15, -0.1) is 11.8 Å². The number of esters is 5. The summed E-state index contributed by atoms with van der Waals surface area (Å²) in [5, 5.41) is 120. The third-order valence-corrected chi connectivity index (χ3v) is 26.5. The predicted octanol–water partition coefficient (Wildman–Crippen LogP) is -5.39. The minimum atomic E-state index is -2.54. The smallest absolute Gasteiger partial charge is 0.350 e. The fourth-order valence-corrected chi connectivity index (χ4v) is 18.7. The molecule has 1 heterocycles. The van der Waals surface area contributed by atoms with E-state index < -0.39 is 263 Å². The first kappa shape index (κ1) is 120. The molecule has 9 amide bonds. The second-order valence-electron chi connectivity index (χ2n) is 36.7. The monoisotopic (exact) mass is 2090 g/mol. The van der Waals surface area contributed by atoms with Crippen LogP contribution in [0.5, 0.6) is 0 Å². The minimum absolute atomic E-state index is 0.00884. The van der Waals surface area contributed by atoms with Gasteiger partial charge in [0.15, 0.2) is 59.2 Å². The number of ketones is 1. The van der Waals surface area contributed by atoms with Gasteiger partial charge in [0.2, 0.25) is 53.4 Å². The summed E-state index contributed by atoms with van der Waals surface area (Å²) in [6.07, 6.45) is -13.9. The Morgan fingerprint density at radius 1 is 0.486 bits per heavy atom. The first-order valence-corrected chi connectivity index (χ1v) is 49.5. The summed E-state index contributed by atoms with van der Waals surface area (Å²) in [7, 11) is 0. The summed E-state index contributed by atoms with van der Waals surface area (Å²) in [6.45, 7) is 5.72. The zero-order valence-corrected chi connectivity index (χ0v) is 84.0. The van der Waals surface area contributed by atoms with Crippen molar-refractivity contribution in [3.8, 4) is 0 Å². The van der Waals surface area contributed by atoms with Gasteiger partial charge in [-0.3, -0.25) is 100 Å². The van der Waals surface area contributed by atoms with Crippen LogP contribution in [-0.4, -0.2) is 301 Å². The van der Waals surface area contributed by atoms with E-state index in [2.05, 4.69) is 79.8 Å². The average Bonchev–Trinajstić information content (AvgIpc) is 0.676. The lowest BCUT2D eigenvalue weighted by Gasteiger charge is -2.65. The highest BCUT2D eigenvalue weighted by Crippen LogP contribution is 2.61.